The summed E-state index contributed by atoms with van der Waals surface area (Å²) < 4.78 is 4.73. The van der Waals surface area contributed by atoms with E-state index in [4.69, 9.17) is 4.74 Å². The second-order valence-electron chi connectivity index (χ2n) is 5.81. The van der Waals surface area contributed by atoms with Gasteiger partial charge in [-0.15, -0.1) is 0 Å². The summed E-state index contributed by atoms with van der Waals surface area (Å²) in [6.07, 6.45) is 0. The van der Waals surface area contributed by atoms with E-state index in [1.807, 2.05) is 20.8 Å². The van der Waals surface area contributed by atoms with Crippen LogP contribution < -0.4 is 0 Å². The van der Waals surface area contributed by atoms with E-state index in [9.17, 15) is 9.90 Å². The molecule has 0 radical (unpaired) electrons. The molecule has 1 rings (SSSR count). The summed E-state index contributed by atoms with van der Waals surface area (Å²) in [5.74, 6) is -0.218. The number of esters is 1. The maximum absolute atomic E-state index is 11.3. The van der Waals surface area contributed by atoms with Crippen molar-refractivity contribution in [2.24, 2.45) is 5.92 Å². The molecule has 0 amide bonds. The average molecular weight is 258 g/mol. The normalized spacial score (nSPS) is 20.7. The Morgan fingerprint density at radius 1 is 1.28 bits per heavy atom. The summed E-state index contributed by atoms with van der Waals surface area (Å²) in [4.78, 5) is 15.9. The topological polar surface area (TPSA) is 53.0 Å². The molecule has 0 bridgehead atoms. The third-order valence-corrected chi connectivity index (χ3v) is 3.21. The number of methoxy groups -OCH3 is 1. The van der Waals surface area contributed by atoms with Crippen molar-refractivity contribution in [2.45, 2.75) is 26.4 Å². The number of carbonyl (C=O) groups excluding carboxylic acids is 1. The second kappa shape index (κ2) is 6.50. The highest BCUT2D eigenvalue weighted by atomic mass is 16.5. The highest BCUT2D eigenvalue weighted by molar-refractivity contribution is 5.72. The first kappa shape index (κ1) is 15.4. The molecule has 1 saturated heterocycles. The summed E-state index contributed by atoms with van der Waals surface area (Å²) >= 11 is 0. The molecule has 5 heteroatoms. The van der Waals surface area contributed by atoms with E-state index in [0.717, 1.165) is 32.7 Å². The van der Waals surface area contributed by atoms with Crippen molar-refractivity contribution in [2.75, 3.05) is 46.4 Å². The van der Waals surface area contributed by atoms with E-state index in [1.54, 1.807) is 0 Å². The Balaban J connectivity index is 2.29. The zero-order valence-corrected chi connectivity index (χ0v) is 12.0. The molecule has 1 fully saturated rings. The molecule has 1 aliphatic rings. The first-order valence-electron chi connectivity index (χ1n) is 6.57. The zero-order valence-electron chi connectivity index (χ0n) is 12.0. The number of hydrogen-bond donors (Lipinski definition) is 1. The quantitative estimate of drug-likeness (QED) is 0.713. The zero-order chi connectivity index (χ0) is 13.8. The Morgan fingerprint density at radius 2 is 1.78 bits per heavy atom. The van der Waals surface area contributed by atoms with Gasteiger partial charge in [0.05, 0.1) is 18.6 Å². The largest absolute Gasteiger partial charge is 0.469 e. The van der Waals surface area contributed by atoms with Crippen molar-refractivity contribution in [3.05, 3.63) is 0 Å². The molecule has 106 valence electrons. The van der Waals surface area contributed by atoms with Crippen molar-refractivity contribution in [1.29, 1.82) is 0 Å². The molecule has 0 aromatic rings. The molecular weight excluding hydrogens is 232 g/mol. The lowest BCUT2D eigenvalue weighted by Gasteiger charge is -2.37. The fraction of sp³-hybridized carbons (Fsp3) is 0.923. The van der Waals surface area contributed by atoms with Crippen LogP contribution in [0.3, 0.4) is 0 Å². The lowest BCUT2D eigenvalue weighted by molar-refractivity contribution is -0.145. The molecule has 1 N–H and O–H groups in total. The maximum atomic E-state index is 11.3. The van der Waals surface area contributed by atoms with Gasteiger partial charge >= 0.3 is 5.97 Å². The highest BCUT2D eigenvalue weighted by Gasteiger charge is 2.24. The smallest absolute Gasteiger partial charge is 0.309 e. The Kier molecular flexibility index (Phi) is 5.56. The Hall–Kier alpha value is -0.650. The number of aliphatic hydroxyl groups is 1. The highest BCUT2D eigenvalue weighted by Crippen LogP contribution is 2.10. The van der Waals surface area contributed by atoms with E-state index in [-0.39, 0.29) is 11.9 Å². The molecule has 0 aromatic heterocycles. The number of hydrogen-bond acceptors (Lipinski definition) is 5. The third-order valence-electron chi connectivity index (χ3n) is 3.21. The van der Waals surface area contributed by atoms with E-state index in [2.05, 4.69) is 9.80 Å². The van der Waals surface area contributed by atoms with Gasteiger partial charge in [-0.3, -0.25) is 14.6 Å². The Bertz CT molecular complexity index is 268. The van der Waals surface area contributed by atoms with Gasteiger partial charge in [-0.25, -0.2) is 0 Å². The predicted molar refractivity (Wildman–Crippen MR) is 70.4 cm³/mol. The van der Waals surface area contributed by atoms with Crippen molar-refractivity contribution < 1.29 is 14.6 Å². The van der Waals surface area contributed by atoms with E-state index < -0.39 is 5.60 Å². The second-order valence-corrected chi connectivity index (χ2v) is 5.81. The van der Waals surface area contributed by atoms with Crippen LogP contribution in [0.4, 0.5) is 0 Å². The number of rotatable bonds is 5. The number of ether oxygens (including phenoxy) is 1. The number of β-amino-alcohol motifs (C(OH)–C–C–N with tert-alkyl or cyclic N) is 1. The van der Waals surface area contributed by atoms with Crippen LogP contribution in [0.25, 0.3) is 0 Å². The standard InChI is InChI=1S/C13H26N2O3/c1-11(12(16)18-4)9-14-5-7-15(8-6-14)10-13(2,3)17/h11,17H,5-10H2,1-4H3. The monoisotopic (exact) mass is 258 g/mol. The molecule has 0 spiro atoms. The fourth-order valence-corrected chi connectivity index (χ4v) is 2.34. The van der Waals surface area contributed by atoms with Gasteiger partial charge < -0.3 is 9.84 Å². The van der Waals surface area contributed by atoms with Crippen LogP contribution in [0, 0.1) is 5.92 Å². The Morgan fingerprint density at radius 3 is 2.22 bits per heavy atom. The van der Waals surface area contributed by atoms with Crippen LogP contribution in [0.2, 0.25) is 0 Å². The minimum absolute atomic E-state index is 0.0733. The number of nitrogens with zero attached hydrogens (tertiary/aromatic N) is 2. The van der Waals surface area contributed by atoms with Crippen molar-refractivity contribution >= 4 is 5.97 Å². The predicted octanol–water partition coefficient (Wildman–Crippen LogP) is 0.184. The summed E-state index contributed by atoms with van der Waals surface area (Å²) in [7, 11) is 1.43. The molecule has 1 aliphatic heterocycles. The lowest BCUT2D eigenvalue weighted by atomic mass is 10.1. The number of carbonyl (C=O) groups is 1. The first-order chi connectivity index (χ1) is 8.31. The fourth-order valence-electron chi connectivity index (χ4n) is 2.34. The van der Waals surface area contributed by atoms with Crippen LogP contribution >= 0.6 is 0 Å². The van der Waals surface area contributed by atoms with Gasteiger partial charge in [-0.2, -0.15) is 0 Å². The molecule has 0 aliphatic carbocycles. The van der Waals surface area contributed by atoms with E-state index >= 15 is 0 Å². The summed E-state index contributed by atoms with van der Waals surface area (Å²) in [5, 5.41) is 9.77. The van der Waals surface area contributed by atoms with Crippen molar-refractivity contribution in [3.8, 4) is 0 Å². The van der Waals surface area contributed by atoms with E-state index in [1.165, 1.54) is 7.11 Å². The summed E-state index contributed by atoms with van der Waals surface area (Å²) in [5.41, 5.74) is -0.637. The summed E-state index contributed by atoms with van der Waals surface area (Å²) in [6, 6.07) is 0. The number of piperazine rings is 1. The molecule has 0 aromatic carbocycles. The van der Waals surface area contributed by atoms with Gasteiger partial charge in [-0.1, -0.05) is 6.92 Å². The van der Waals surface area contributed by atoms with Crippen molar-refractivity contribution in [3.63, 3.8) is 0 Å². The van der Waals surface area contributed by atoms with Gasteiger partial charge in [0.1, 0.15) is 0 Å². The molecule has 1 atom stereocenters. The molecule has 18 heavy (non-hydrogen) atoms. The first-order valence-corrected chi connectivity index (χ1v) is 6.57. The molecule has 1 heterocycles. The van der Waals surface area contributed by atoms with E-state index in [0.29, 0.717) is 6.54 Å². The minimum Gasteiger partial charge on any atom is -0.469 e. The summed E-state index contributed by atoms with van der Waals surface area (Å²) in [6.45, 7) is 10.8. The molecule has 1 unspecified atom stereocenters. The average Bonchev–Trinajstić information content (AvgIpc) is 2.28. The van der Waals surface area contributed by atoms with Crippen LogP contribution in [0.1, 0.15) is 20.8 Å². The lowest BCUT2D eigenvalue weighted by Crippen LogP contribution is -2.51. The molecule has 5 nitrogen and oxygen atoms in total. The Labute approximate surface area is 110 Å². The van der Waals surface area contributed by atoms with Gasteiger partial charge in [0, 0.05) is 39.3 Å². The third kappa shape index (κ3) is 5.33. The molecular formula is C13H26N2O3. The van der Waals surface area contributed by atoms with Crippen LogP contribution in [-0.2, 0) is 9.53 Å². The van der Waals surface area contributed by atoms with Crippen LogP contribution in [0.5, 0.6) is 0 Å². The SMILES string of the molecule is COC(=O)C(C)CN1CCN(CC(C)(C)O)CC1. The van der Waals surface area contributed by atoms with Gasteiger partial charge in [0.25, 0.3) is 0 Å². The van der Waals surface area contributed by atoms with Gasteiger partial charge in [0.15, 0.2) is 0 Å². The maximum Gasteiger partial charge on any atom is 0.309 e. The van der Waals surface area contributed by atoms with Crippen LogP contribution in [0.15, 0.2) is 0 Å². The van der Waals surface area contributed by atoms with Gasteiger partial charge in [0.2, 0.25) is 0 Å². The van der Waals surface area contributed by atoms with Gasteiger partial charge in [-0.05, 0) is 13.8 Å². The minimum atomic E-state index is -0.637. The van der Waals surface area contributed by atoms with Crippen molar-refractivity contribution in [1.82, 2.24) is 9.80 Å². The molecule has 0 saturated carbocycles. The van der Waals surface area contributed by atoms with Crippen LogP contribution in [-0.4, -0.2) is 72.9 Å².